The predicted molar refractivity (Wildman–Crippen MR) is 82.1 cm³/mol. The molecule has 0 saturated carbocycles. The van der Waals surface area contributed by atoms with E-state index in [4.69, 9.17) is 4.74 Å². The van der Waals surface area contributed by atoms with Gasteiger partial charge >= 0.3 is 0 Å². The number of methoxy groups -OCH3 is 1. The lowest BCUT2D eigenvalue weighted by atomic mass is 10.0. The van der Waals surface area contributed by atoms with Gasteiger partial charge in [-0.05, 0) is 26.2 Å². The van der Waals surface area contributed by atoms with Crippen LogP contribution < -0.4 is 0 Å². The summed E-state index contributed by atoms with van der Waals surface area (Å²) in [6.07, 6.45) is 18.9. The molecule has 0 fully saturated rings. The molecule has 0 bridgehead atoms. The fourth-order valence-electron chi connectivity index (χ4n) is 2.25. The Bertz CT molecular complexity index is 165. The molecule has 0 aliphatic carbocycles. The Balaban J connectivity index is 2.96. The second kappa shape index (κ2) is 14.8. The van der Waals surface area contributed by atoms with Crippen LogP contribution in [0, 0.1) is 0 Å². The van der Waals surface area contributed by atoms with Crippen LogP contribution in [0.2, 0.25) is 0 Å². The minimum absolute atomic E-state index is 0.445. The molecule has 0 rings (SSSR count). The Morgan fingerprint density at radius 2 is 1.28 bits per heavy atom. The average Bonchev–Trinajstić information content (AvgIpc) is 2.39. The Kier molecular flexibility index (Phi) is 14.5. The zero-order valence-corrected chi connectivity index (χ0v) is 12.8. The highest BCUT2D eigenvalue weighted by molar-refractivity contribution is 4.65. The number of unbranched alkanes of at least 4 members (excludes halogenated alkanes) is 10. The molecule has 0 N–H and O–H groups in total. The van der Waals surface area contributed by atoms with Gasteiger partial charge in [-0.2, -0.15) is 0 Å². The minimum Gasteiger partial charge on any atom is -0.382 e. The van der Waals surface area contributed by atoms with Gasteiger partial charge in [0.25, 0.3) is 0 Å². The molecular formula is C17H34O. The Labute approximate surface area is 115 Å². The molecule has 0 amide bonds. The second-order valence-corrected chi connectivity index (χ2v) is 5.45. The van der Waals surface area contributed by atoms with Gasteiger partial charge in [-0.1, -0.05) is 63.9 Å². The number of hydrogen-bond donors (Lipinski definition) is 0. The van der Waals surface area contributed by atoms with Crippen molar-refractivity contribution in [3.8, 4) is 0 Å². The fourth-order valence-corrected chi connectivity index (χ4v) is 2.25. The zero-order valence-electron chi connectivity index (χ0n) is 12.8. The van der Waals surface area contributed by atoms with Gasteiger partial charge in [-0.25, -0.2) is 0 Å². The van der Waals surface area contributed by atoms with Crippen LogP contribution in [0.4, 0.5) is 0 Å². The monoisotopic (exact) mass is 254 g/mol. The SMILES string of the molecule is C=CCCCCCCCCCCCCC(C)OC. The number of rotatable bonds is 14. The summed E-state index contributed by atoms with van der Waals surface area (Å²) >= 11 is 0. The van der Waals surface area contributed by atoms with Crippen molar-refractivity contribution in [2.75, 3.05) is 7.11 Å². The highest BCUT2D eigenvalue weighted by atomic mass is 16.5. The maximum Gasteiger partial charge on any atom is 0.0543 e. The maximum atomic E-state index is 5.24. The topological polar surface area (TPSA) is 9.23 Å². The molecule has 1 unspecified atom stereocenters. The Hall–Kier alpha value is -0.300. The lowest BCUT2D eigenvalue weighted by molar-refractivity contribution is 0.108. The van der Waals surface area contributed by atoms with Crippen molar-refractivity contribution >= 4 is 0 Å². The molecule has 0 radical (unpaired) electrons. The van der Waals surface area contributed by atoms with Gasteiger partial charge in [0.05, 0.1) is 6.10 Å². The van der Waals surface area contributed by atoms with Gasteiger partial charge in [0.1, 0.15) is 0 Å². The molecule has 0 aromatic rings. The molecule has 0 aromatic heterocycles. The van der Waals surface area contributed by atoms with Crippen LogP contribution in [0.1, 0.15) is 84.0 Å². The van der Waals surface area contributed by atoms with E-state index < -0.39 is 0 Å². The van der Waals surface area contributed by atoms with Crippen molar-refractivity contribution in [2.45, 2.75) is 90.1 Å². The van der Waals surface area contributed by atoms with Gasteiger partial charge in [0.2, 0.25) is 0 Å². The molecule has 0 aliphatic rings. The van der Waals surface area contributed by atoms with Crippen LogP contribution in [0.25, 0.3) is 0 Å². The molecule has 0 aliphatic heterocycles. The first kappa shape index (κ1) is 17.7. The molecule has 1 atom stereocenters. The summed E-state index contributed by atoms with van der Waals surface area (Å²) in [5.41, 5.74) is 0. The van der Waals surface area contributed by atoms with Crippen molar-refractivity contribution in [3.05, 3.63) is 12.7 Å². The Morgan fingerprint density at radius 1 is 0.833 bits per heavy atom. The minimum atomic E-state index is 0.445. The third-order valence-corrected chi connectivity index (χ3v) is 3.67. The summed E-state index contributed by atoms with van der Waals surface area (Å²) in [6.45, 7) is 5.91. The van der Waals surface area contributed by atoms with E-state index in [2.05, 4.69) is 13.5 Å². The largest absolute Gasteiger partial charge is 0.382 e. The maximum absolute atomic E-state index is 5.24. The summed E-state index contributed by atoms with van der Waals surface area (Å²) in [6, 6.07) is 0. The van der Waals surface area contributed by atoms with Crippen molar-refractivity contribution in [2.24, 2.45) is 0 Å². The van der Waals surface area contributed by atoms with E-state index in [-0.39, 0.29) is 0 Å². The summed E-state index contributed by atoms with van der Waals surface area (Å²) in [5.74, 6) is 0. The third-order valence-electron chi connectivity index (χ3n) is 3.67. The lowest BCUT2D eigenvalue weighted by Gasteiger charge is -2.08. The van der Waals surface area contributed by atoms with E-state index in [0.717, 1.165) is 0 Å². The fraction of sp³-hybridized carbons (Fsp3) is 0.882. The van der Waals surface area contributed by atoms with E-state index >= 15 is 0 Å². The molecule has 108 valence electrons. The van der Waals surface area contributed by atoms with Crippen LogP contribution in [-0.2, 0) is 4.74 Å². The Morgan fingerprint density at radius 3 is 1.72 bits per heavy atom. The predicted octanol–water partition coefficient (Wildman–Crippen LogP) is 5.89. The standard InChI is InChI=1S/C17H34O/c1-4-5-6-7-8-9-10-11-12-13-14-15-16-17(2)18-3/h4,17H,1,5-16H2,2-3H3. The van der Waals surface area contributed by atoms with Crippen molar-refractivity contribution in [1.82, 2.24) is 0 Å². The molecule has 0 aromatic carbocycles. The summed E-state index contributed by atoms with van der Waals surface area (Å²) in [5, 5.41) is 0. The molecule has 1 nitrogen and oxygen atoms in total. The van der Waals surface area contributed by atoms with Crippen LogP contribution >= 0.6 is 0 Å². The van der Waals surface area contributed by atoms with E-state index in [0.29, 0.717) is 6.10 Å². The van der Waals surface area contributed by atoms with Crippen LogP contribution in [-0.4, -0.2) is 13.2 Å². The van der Waals surface area contributed by atoms with Crippen molar-refractivity contribution in [3.63, 3.8) is 0 Å². The van der Waals surface area contributed by atoms with E-state index in [1.807, 2.05) is 6.08 Å². The van der Waals surface area contributed by atoms with Crippen LogP contribution in [0.15, 0.2) is 12.7 Å². The third kappa shape index (κ3) is 13.8. The zero-order chi connectivity index (χ0) is 13.5. The summed E-state index contributed by atoms with van der Waals surface area (Å²) < 4.78 is 5.24. The van der Waals surface area contributed by atoms with Gasteiger partial charge in [-0.3, -0.25) is 0 Å². The van der Waals surface area contributed by atoms with Crippen molar-refractivity contribution < 1.29 is 4.74 Å². The second-order valence-electron chi connectivity index (χ2n) is 5.45. The van der Waals surface area contributed by atoms with Gasteiger partial charge in [0.15, 0.2) is 0 Å². The number of ether oxygens (including phenoxy) is 1. The highest BCUT2D eigenvalue weighted by Gasteiger charge is 1.98. The van der Waals surface area contributed by atoms with Gasteiger partial charge in [0, 0.05) is 7.11 Å². The molecule has 0 saturated heterocycles. The first-order chi connectivity index (χ1) is 8.81. The smallest absolute Gasteiger partial charge is 0.0543 e. The first-order valence-electron chi connectivity index (χ1n) is 7.95. The van der Waals surface area contributed by atoms with E-state index in [1.165, 1.54) is 77.0 Å². The van der Waals surface area contributed by atoms with Crippen molar-refractivity contribution in [1.29, 1.82) is 0 Å². The molecular weight excluding hydrogens is 220 g/mol. The number of allylic oxidation sites excluding steroid dienone is 1. The highest BCUT2D eigenvalue weighted by Crippen LogP contribution is 2.12. The van der Waals surface area contributed by atoms with Gasteiger partial charge < -0.3 is 4.74 Å². The number of hydrogen-bond acceptors (Lipinski definition) is 1. The quantitative estimate of drug-likeness (QED) is 0.277. The normalized spacial score (nSPS) is 12.6. The van der Waals surface area contributed by atoms with E-state index in [9.17, 15) is 0 Å². The molecule has 0 spiro atoms. The van der Waals surface area contributed by atoms with Crippen LogP contribution in [0.3, 0.4) is 0 Å². The first-order valence-corrected chi connectivity index (χ1v) is 7.95. The summed E-state index contributed by atoms with van der Waals surface area (Å²) in [4.78, 5) is 0. The molecule has 18 heavy (non-hydrogen) atoms. The van der Waals surface area contributed by atoms with E-state index in [1.54, 1.807) is 7.11 Å². The van der Waals surface area contributed by atoms with Gasteiger partial charge in [-0.15, -0.1) is 6.58 Å². The summed E-state index contributed by atoms with van der Waals surface area (Å²) in [7, 11) is 1.81. The average molecular weight is 254 g/mol. The molecule has 0 heterocycles. The van der Waals surface area contributed by atoms with Crippen LogP contribution in [0.5, 0.6) is 0 Å². The molecule has 1 heteroatoms. The lowest BCUT2D eigenvalue weighted by Crippen LogP contribution is -2.03.